The second kappa shape index (κ2) is 13.7. The summed E-state index contributed by atoms with van der Waals surface area (Å²) in [7, 11) is -4.47. The number of piperazine rings is 1. The lowest BCUT2D eigenvalue weighted by Gasteiger charge is -2.35. The van der Waals surface area contributed by atoms with Gasteiger partial charge in [-0.1, -0.05) is 36.1 Å². The Balaban J connectivity index is 1.32. The summed E-state index contributed by atoms with van der Waals surface area (Å²) in [5.74, 6) is 5.41. The Morgan fingerprint density at radius 2 is 1.76 bits per heavy atom. The number of carbonyl (C=O) groups excluding carboxylic acids is 1. The predicted molar refractivity (Wildman–Crippen MR) is 151 cm³/mol. The van der Waals surface area contributed by atoms with E-state index >= 15 is 0 Å². The summed E-state index contributed by atoms with van der Waals surface area (Å²) in [4.78, 5) is 16.5. The van der Waals surface area contributed by atoms with Gasteiger partial charge in [0, 0.05) is 43.9 Å². The third kappa shape index (κ3) is 9.19. The summed E-state index contributed by atoms with van der Waals surface area (Å²) >= 11 is 0. The minimum atomic E-state index is -4.65. The third-order valence-corrected chi connectivity index (χ3v) is 7.62. The van der Waals surface area contributed by atoms with Gasteiger partial charge in [0.25, 0.3) is 5.91 Å². The molecule has 0 saturated carbocycles. The Labute approximate surface area is 242 Å². The van der Waals surface area contributed by atoms with E-state index in [0.29, 0.717) is 32.1 Å². The fourth-order valence-electron chi connectivity index (χ4n) is 4.24. The van der Waals surface area contributed by atoms with E-state index in [0.717, 1.165) is 35.5 Å². The first-order chi connectivity index (χ1) is 20.0. The number of halogens is 3. The highest BCUT2D eigenvalue weighted by Crippen LogP contribution is 2.20. The van der Waals surface area contributed by atoms with Crippen LogP contribution in [0.2, 0.25) is 0 Å². The van der Waals surface area contributed by atoms with Gasteiger partial charge in [0.05, 0.1) is 18.8 Å². The predicted octanol–water partition coefficient (Wildman–Crippen LogP) is 3.61. The number of aromatic nitrogens is 2. The van der Waals surface area contributed by atoms with E-state index in [2.05, 4.69) is 33.0 Å². The second-order valence-electron chi connectivity index (χ2n) is 9.52. The summed E-state index contributed by atoms with van der Waals surface area (Å²) in [5.41, 5.74) is 2.62. The molecular formula is C29H30F3N5O4S. The van der Waals surface area contributed by atoms with Crippen LogP contribution in [0.4, 0.5) is 19.0 Å². The lowest BCUT2D eigenvalue weighted by molar-refractivity contribution is -0.130. The Bertz CT molecular complexity index is 1550. The van der Waals surface area contributed by atoms with Crippen molar-refractivity contribution in [2.24, 2.45) is 0 Å². The monoisotopic (exact) mass is 601 g/mol. The van der Waals surface area contributed by atoms with Gasteiger partial charge in [-0.25, -0.2) is 13.1 Å². The van der Waals surface area contributed by atoms with Gasteiger partial charge in [0.15, 0.2) is 11.5 Å². The fourth-order valence-corrected chi connectivity index (χ4v) is 5.22. The van der Waals surface area contributed by atoms with Crippen LogP contribution < -0.4 is 14.4 Å². The van der Waals surface area contributed by atoms with Crippen LogP contribution in [0.3, 0.4) is 0 Å². The van der Waals surface area contributed by atoms with Crippen LogP contribution in [-0.2, 0) is 16.6 Å². The van der Waals surface area contributed by atoms with Gasteiger partial charge in [0.2, 0.25) is 10.0 Å². The summed E-state index contributed by atoms with van der Waals surface area (Å²) in [5, 5.41) is 7.81. The number of amides is 1. The zero-order valence-corrected chi connectivity index (χ0v) is 23.7. The number of ether oxygens (including phenoxy) is 1. The van der Waals surface area contributed by atoms with Crippen molar-refractivity contribution in [3.05, 3.63) is 83.0 Å². The molecule has 0 aliphatic carbocycles. The number of alkyl halides is 3. The van der Waals surface area contributed by atoms with Crippen LogP contribution in [0.1, 0.15) is 40.5 Å². The molecule has 0 unspecified atom stereocenters. The highest BCUT2D eigenvalue weighted by Gasteiger charge is 2.31. The van der Waals surface area contributed by atoms with Crippen molar-refractivity contribution in [2.75, 3.05) is 43.4 Å². The van der Waals surface area contributed by atoms with Crippen LogP contribution >= 0.6 is 0 Å². The van der Waals surface area contributed by atoms with Crippen LogP contribution in [-0.4, -0.2) is 74.1 Å². The molecule has 2 aromatic carbocycles. The molecule has 1 aliphatic rings. The van der Waals surface area contributed by atoms with Crippen LogP contribution in [0.5, 0.6) is 5.75 Å². The maximum Gasteiger partial charge on any atom is 0.390 e. The summed E-state index contributed by atoms with van der Waals surface area (Å²) in [6.45, 7) is 6.00. The van der Waals surface area contributed by atoms with Gasteiger partial charge in [-0.15, -0.1) is 10.2 Å². The molecule has 3 aromatic rings. The number of nitrogens with one attached hydrogen (secondary N) is 1. The summed E-state index contributed by atoms with van der Waals surface area (Å²) < 4.78 is 67.7. The molecule has 1 N–H and O–H groups in total. The van der Waals surface area contributed by atoms with E-state index in [1.165, 1.54) is 12.1 Å². The fraction of sp³-hybridized carbons (Fsp3) is 0.345. The number of nitrogens with zero attached hydrogens (tertiary/aromatic N) is 4. The van der Waals surface area contributed by atoms with Crippen LogP contribution in [0.25, 0.3) is 0 Å². The number of anilines is 1. The molecule has 0 bridgehead atoms. The van der Waals surface area contributed by atoms with Crippen LogP contribution in [0.15, 0.2) is 60.7 Å². The van der Waals surface area contributed by atoms with Crippen molar-refractivity contribution >= 4 is 21.7 Å². The van der Waals surface area contributed by atoms with Crippen molar-refractivity contribution in [3.63, 3.8) is 0 Å². The first-order valence-electron chi connectivity index (χ1n) is 13.3. The van der Waals surface area contributed by atoms with Gasteiger partial charge >= 0.3 is 6.18 Å². The number of hydrogen-bond donors (Lipinski definition) is 1. The molecule has 1 amide bonds. The first kappa shape index (κ1) is 30.8. The summed E-state index contributed by atoms with van der Waals surface area (Å²) in [6.07, 6.45) is -6.22. The highest BCUT2D eigenvalue weighted by atomic mass is 32.2. The SMILES string of the molecule is CCOc1cccc(C#Cc2ccccc2CN2CCN(c3ccc(C(=O)NS(=O)(=O)CCC(F)(F)F)nn3)CC2)c1. The zero-order valence-electron chi connectivity index (χ0n) is 22.9. The normalized spacial score (nSPS) is 14.1. The Kier molecular flexibility index (Phi) is 10.0. The summed E-state index contributed by atoms with van der Waals surface area (Å²) in [6, 6.07) is 18.5. The van der Waals surface area contributed by atoms with E-state index in [-0.39, 0.29) is 5.69 Å². The number of rotatable bonds is 9. The molecule has 1 fully saturated rings. The Morgan fingerprint density at radius 1 is 1.00 bits per heavy atom. The molecule has 2 heterocycles. The molecule has 4 rings (SSSR count). The number of carbonyl (C=O) groups is 1. The molecule has 0 spiro atoms. The minimum Gasteiger partial charge on any atom is -0.494 e. The van der Waals surface area contributed by atoms with Crippen molar-refractivity contribution < 1.29 is 31.1 Å². The Morgan fingerprint density at radius 3 is 2.45 bits per heavy atom. The maximum absolute atomic E-state index is 12.3. The molecule has 9 nitrogen and oxygen atoms in total. The average Bonchev–Trinajstić information content (AvgIpc) is 2.96. The van der Waals surface area contributed by atoms with Gasteiger partial charge < -0.3 is 9.64 Å². The second-order valence-corrected chi connectivity index (χ2v) is 11.4. The van der Waals surface area contributed by atoms with E-state index in [1.54, 1.807) is 4.72 Å². The van der Waals surface area contributed by atoms with E-state index in [4.69, 9.17) is 4.74 Å². The topological polar surface area (TPSA) is 105 Å². The average molecular weight is 602 g/mol. The number of benzene rings is 2. The molecular weight excluding hydrogens is 571 g/mol. The molecule has 13 heteroatoms. The van der Waals surface area contributed by atoms with E-state index < -0.39 is 34.3 Å². The van der Waals surface area contributed by atoms with E-state index in [1.807, 2.05) is 54.3 Å². The smallest absolute Gasteiger partial charge is 0.390 e. The zero-order chi connectivity index (χ0) is 30.2. The van der Waals surface area contributed by atoms with Crippen molar-refractivity contribution in [1.82, 2.24) is 19.8 Å². The van der Waals surface area contributed by atoms with Gasteiger partial charge in [-0.05, 0) is 48.9 Å². The lowest BCUT2D eigenvalue weighted by Crippen LogP contribution is -2.46. The molecule has 222 valence electrons. The molecule has 0 atom stereocenters. The number of hydrogen-bond acceptors (Lipinski definition) is 8. The molecule has 1 aliphatic heterocycles. The number of sulfonamides is 1. The standard InChI is InChI=1S/C29H30F3N5O4S/c1-2-41-25-9-5-6-22(20-25)10-11-23-7-3-4-8-24(23)21-36-15-17-37(18-16-36)27-13-12-26(33-34-27)28(38)35-42(39,40)19-14-29(30,31)32/h3-9,12-13,20H,2,14-19,21H2,1H3,(H,35,38). The van der Waals surface area contributed by atoms with E-state index in [9.17, 15) is 26.4 Å². The first-order valence-corrected chi connectivity index (χ1v) is 14.9. The molecule has 1 aromatic heterocycles. The molecule has 42 heavy (non-hydrogen) atoms. The Hall–Kier alpha value is -4.15. The maximum atomic E-state index is 12.3. The highest BCUT2D eigenvalue weighted by molar-refractivity contribution is 7.90. The van der Waals surface area contributed by atoms with Crippen molar-refractivity contribution in [1.29, 1.82) is 0 Å². The largest absolute Gasteiger partial charge is 0.494 e. The van der Waals surface area contributed by atoms with Crippen molar-refractivity contribution in [2.45, 2.75) is 26.1 Å². The van der Waals surface area contributed by atoms with Gasteiger partial charge in [-0.2, -0.15) is 13.2 Å². The van der Waals surface area contributed by atoms with Crippen molar-refractivity contribution in [3.8, 4) is 17.6 Å². The van der Waals surface area contributed by atoms with Gasteiger partial charge in [0.1, 0.15) is 5.75 Å². The van der Waals surface area contributed by atoms with Gasteiger partial charge in [-0.3, -0.25) is 9.69 Å². The quantitative estimate of drug-likeness (QED) is 0.371. The third-order valence-electron chi connectivity index (χ3n) is 6.38. The van der Waals surface area contributed by atoms with Crippen LogP contribution in [0, 0.1) is 11.8 Å². The minimum absolute atomic E-state index is 0.310. The molecule has 0 radical (unpaired) electrons. The molecule has 1 saturated heterocycles. The lowest BCUT2D eigenvalue weighted by atomic mass is 10.1.